The summed E-state index contributed by atoms with van der Waals surface area (Å²) in [5, 5.41) is 19.8. The van der Waals surface area contributed by atoms with Gasteiger partial charge in [0.1, 0.15) is 0 Å². The second kappa shape index (κ2) is 6.29. The van der Waals surface area contributed by atoms with Crippen LogP contribution in [0.2, 0.25) is 10.0 Å². The lowest BCUT2D eigenvalue weighted by molar-refractivity contribution is -0.384. The van der Waals surface area contributed by atoms with E-state index in [-0.39, 0.29) is 27.2 Å². The molecular formula is C13H11Cl2N3O3. The Morgan fingerprint density at radius 3 is 2.81 bits per heavy atom. The van der Waals surface area contributed by atoms with Crippen molar-refractivity contribution in [1.82, 2.24) is 4.90 Å². The fraction of sp³-hybridized carbons (Fsp3) is 0.385. The number of benzene rings is 1. The molecule has 0 radical (unpaired) electrons. The number of nitrogens with zero attached hydrogens (tertiary/aromatic N) is 3. The Labute approximate surface area is 131 Å². The highest BCUT2D eigenvalue weighted by Crippen LogP contribution is 2.32. The fourth-order valence-corrected chi connectivity index (χ4v) is 2.68. The van der Waals surface area contributed by atoms with E-state index in [0.29, 0.717) is 19.5 Å². The smallest absolute Gasteiger partial charge is 0.271 e. The van der Waals surface area contributed by atoms with Crippen molar-refractivity contribution >= 4 is 34.8 Å². The van der Waals surface area contributed by atoms with E-state index in [0.717, 1.165) is 18.6 Å². The highest BCUT2D eigenvalue weighted by Gasteiger charge is 2.27. The van der Waals surface area contributed by atoms with Crippen LogP contribution < -0.4 is 0 Å². The van der Waals surface area contributed by atoms with Crippen molar-refractivity contribution in [3.8, 4) is 6.07 Å². The maximum atomic E-state index is 12.5. The topological polar surface area (TPSA) is 87.2 Å². The molecule has 21 heavy (non-hydrogen) atoms. The van der Waals surface area contributed by atoms with E-state index in [1.165, 1.54) is 4.90 Å². The quantitative estimate of drug-likeness (QED) is 0.616. The van der Waals surface area contributed by atoms with E-state index in [9.17, 15) is 14.9 Å². The van der Waals surface area contributed by atoms with Crippen molar-refractivity contribution in [3.63, 3.8) is 0 Å². The summed E-state index contributed by atoms with van der Waals surface area (Å²) in [4.78, 5) is 24.2. The molecule has 8 heteroatoms. The third-order valence-corrected chi connectivity index (χ3v) is 4.15. The minimum atomic E-state index is -0.632. The van der Waals surface area contributed by atoms with Crippen LogP contribution in [-0.4, -0.2) is 28.8 Å². The molecule has 1 atom stereocenters. The molecule has 1 aliphatic rings. The molecule has 1 heterocycles. The van der Waals surface area contributed by atoms with Crippen molar-refractivity contribution in [1.29, 1.82) is 5.26 Å². The standard InChI is InChI=1S/C13H11Cl2N3O3/c14-11-5-9(18(20)21)4-10(12(11)15)13(19)17-3-1-2-8(6-16)7-17/h4-5,8H,1-3,7H2. The Morgan fingerprint density at radius 2 is 2.19 bits per heavy atom. The third-order valence-electron chi connectivity index (χ3n) is 3.35. The lowest BCUT2D eigenvalue weighted by atomic mass is 9.99. The number of hydrogen-bond acceptors (Lipinski definition) is 4. The number of carbonyl (C=O) groups is 1. The highest BCUT2D eigenvalue weighted by atomic mass is 35.5. The number of piperidine rings is 1. The van der Waals surface area contributed by atoms with E-state index >= 15 is 0 Å². The summed E-state index contributed by atoms with van der Waals surface area (Å²) in [6, 6.07) is 4.36. The molecule has 0 bridgehead atoms. The van der Waals surface area contributed by atoms with Gasteiger partial charge in [0, 0.05) is 25.2 Å². The second-order valence-corrected chi connectivity index (χ2v) is 5.55. The molecule has 1 aromatic carbocycles. The second-order valence-electron chi connectivity index (χ2n) is 4.77. The number of carbonyl (C=O) groups excluding carboxylic acids is 1. The molecule has 1 fully saturated rings. The lowest BCUT2D eigenvalue weighted by Crippen LogP contribution is -2.39. The van der Waals surface area contributed by atoms with Crippen LogP contribution in [0.5, 0.6) is 0 Å². The molecule has 6 nitrogen and oxygen atoms in total. The van der Waals surface area contributed by atoms with Crippen LogP contribution in [0.25, 0.3) is 0 Å². The Balaban J connectivity index is 2.34. The summed E-state index contributed by atoms with van der Waals surface area (Å²) >= 11 is 11.8. The molecule has 0 aromatic heterocycles. The van der Waals surface area contributed by atoms with Gasteiger partial charge in [0.25, 0.3) is 11.6 Å². The number of nitro groups is 1. The van der Waals surface area contributed by atoms with Crippen molar-refractivity contribution in [2.24, 2.45) is 5.92 Å². The fourth-order valence-electron chi connectivity index (χ4n) is 2.27. The maximum Gasteiger partial charge on any atom is 0.271 e. The van der Waals surface area contributed by atoms with Crippen molar-refractivity contribution in [2.45, 2.75) is 12.8 Å². The van der Waals surface area contributed by atoms with Crippen molar-refractivity contribution in [3.05, 3.63) is 37.9 Å². The first-order valence-corrected chi connectivity index (χ1v) is 7.02. The van der Waals surface area contributed by atoms with Gasteiger partial charge in [-0.3, -0.25) is 14.9 Å². The summed E-state index contributed by atoms with van der Waals surface area (Å²) in [7, 11) is 0. The molecule has 1 amide bonds. The monoisotopic (exact) mass is 327 g/mol. The molecule has 110 valence electrons. The molecule has 1 unspecified atom stereocenters. The summed E-state index contributed by atoms with van der Waals surface area (Å²) in [5.74, 6) is -0.666. The van der Waals surface area contributed by atoms with E-state index in [1.807, 2.05) is 0 Å². The molecule has 1 aromatic rings. The zero-order valence-electron chi connectivity index (χ0n) is 10.9. The predicted octanol–water partition coefficient (Wildman–Crippen LogP) is 3.28. The van der Waals surface area contributed by atoms with Crippen LogP contribution in [0.3, 0.4) is 0 Å². The third kappa shape index (κ3) is 3.26. The first-order valence-electron chi connectivity index (χ1n) is 6.26. The summed E-state index contributed by atoms with van der Waals surface area (Å²) < 4.78 is 0. The predicted molar refractivity (Wildman–Crippen MR) is 77.4 cm³/mol. The minimum Gasteiger partial charge on any atom is -0.337 e. The van der Waals surface area contributed by atoms with Gasteiger partial charge in [0.05, 0.1) is 32.5 Å². The zero-order valence-corrected chi connectivity index (χ0v) is 12.4. The Bertz CT molecular complexity index is 642. The van der Waals surface area contributed by atoms with E-state index in [1.54, 1.807) is 0 Å². The molecule has 0 saturated carbocycles. The summed E-state index contributed by atoms with van der Waals surface area (Å²) in [6.45, 7) is 0.791. The number of amides is 1. The summed E-state index contributed by atoms with van der Waals surface area (Å²) in [6.07, 6.45) is 1.45. The number of rotatable bonds is 2. The molecule has 0 spiro atoms. The molecule has 1 saturated heterocycles. The summed E-state index contributed by atoms with van der Waals surface area (Å²) in [5.41, 5.74) is -0.295. The van der Waals surface area contributed by atoms with Gasteiger partial charge in [-0.15, -0.1) is 0 Å². The van der Waals surface area contributed by atoms with Crippen LogP contribution >= 0.6 is 23.2 Å². The van der Waals surface area contributed by atoms with Gasteiger partial charge in [0.2, 0.25) is 0 Å². The van der Waals surface area contributed by atoms with Gasteiger partial charge in [-0.1, -0.05) is 23.2 Å². The number of likely N-dealkylation sites (tertiary alicyclic amines) is 1. The SMILES string of the molecule is N#CC1CCCN(C(=O)c2cc([N+](=O)[O-])cc(Cl)c2Cl)C1. The number of nitro benzene ring substituents is 1. The lowest BCUT2D eigenvalue weighted by Gasteiger charge is -2.29. The van der Waals surface area contributed by atoms with E-state index in [2.05, 4.69) is 6.07 Å². The zero-order chi connectivity index (χ0) is 15.6. The first-order chi connectivity index (χ1) is 9.93. The van der Waals surface area contributed by atoms with Crippen LogP contribution in [0, 0.1) is 27.4 Å². The molecule has 0 N–H and O–H groups in total. The average Bonchev–Trinajstić information content (AvgIpc) is 2.49. The number of hydrogen-bond donors (Lipinski definition) is 0. The van der Waals surface area contributed by atoms with E-state index < -0.39 is 10.8 Å². The Kier molecular flexibility index (Phi) is 4.66. The van der Waals surface area contributed by atoms with Crippen LogP contribution in [0.4, 0.5) is 5.69 Å². The maximum absolute atomic E-state index is 12.5. The molecular weight excluding hydrogens is 317 g/mol. The van der Waals surface area contributed by atoms with Gasteiger partial charge >= 0.3 is 0 Å². The molecule has 1 aliphatic heterocycles. The number of nitriles is 1. The Hall–Kier alpha value is -1.84. The number of halogens is 2. The van der Waals surface area contributed by atoms with Gasteiger partial charge in [-0.25, -0.2) is 0 Å². The first kappa shape index (κ1) is 15.5. The van der Waals surface area contributed by atoms with Gasteiger partial charge in [0.15, 0.2) is 0 Å². The van der Waals surface area contributed by atoms with Crippen LogP contribution in [0.1, 0.15) is 23.2 Å². The highest BCUT2D eigenvalue weighted by molar-refractivity contribution is 6.44. The normalized spacial score (nSPS) is 18.1. The van der Waals surface area contributed by atoms with E-state index in [4.69, 9.17) is 28.5 Å². The molecule has 2 rings (SSSR count). The largest absolute Gasteiger partial charge is 0.337 e. The number of non-ortho nitro benzene ring substituents is 1. The van der Waals surface area contributed by atoms with Crippen molar-refractivity contribution in [2.75, 3.05) is 13.1 Å². The average molecular weight is 328 g/mol. The van der Waals surface area contributed by atoms with Gasteiger partial charge in [-0.05, 0) is 12.8 Å². The van der Waals surface area contributed by atoms with Crippen molar-refractivity contribution < 1.29 is 9.72 Å². The van der Waals surface area contributed by atoms with Crippen LogP contribution in [-0.2, 0) is 0 Å². The van der Waals surface area contributed by atoms with Crippen LogP contribution in [0.15, 0.2) is 12.1 Å². The minimum absolute atomic E-state index is 0.00513. The Morgan fingerprint density at radius 1 is 1.48 bits per heavy atom. The van der Waals surface area contributed by atoms with Gasteiger partial charge in [-0.2, -0.15) is 5.26 Å². The van der Waals surface area contributed by atoms with Gasteiger partial charge < -0.3 is 4.90 Å². The molecule has 0 aliphatic carbocycles.